The van der Waals surface area contributed by atoms with E-state index in [1.807, 2.05) is 0 Å². The maximum Gasteiger partial charge on any atom is 0.442 e. The lowest BCUT2D eigenvalue weighted by Gasteiger charge is -2.37. The quantitative estimate of drug-likeness (QED) is 0.174. The Morgan fingerprint density at radius 2 is 0.622 bits per heavy atom. The summed E-state index contributed by atoms with van der Waals surface area (Å²) in [6, 6.07) is 16.9. The van der Waals surface area contributed by atoms with Crippen LogP contribution in [0.1, 0.15) is 11.1 Å². The lowest BCUT2D eigenvalue weighted by molar-refractivity contribution is -0.365. The Hall–Kier alpha value is -4.01. The lowest BCUT2D eigenvalue weighted by atomic mass is 9.91. The largest absolute Gasteiger partial charge is 0.464 e. The molecule has 4 rings (SSSR count). The van der Waals surface area contributed by atoms with E-state index >= 15 is 0 Å². The van der Waals surface area contributed by atoms with Gasteiger partial charge in [0, 0.05) is 20.9 Å². The summed E-state index contributed by atoms with van der Waals surface area (Å²) in [4.78, 5) is 0.481. The molecule has 0 aromatic heterocycles. The molecule has 15 heteroatoms. The Balaban J connectivity index is 1.58. The highest BCUT2D eigenvalue weighted by Gasteiger charge is 2.75. The molecule has 0 saturated carbocycles. The van der Waals surface area contributed by atoms with Crippen molar-refractivity contribution in [2.75, 3.05) is 0 Å². The summed E-state index contributed by atoms with van der Waals surface area (Å²) in [6.07, 6.45) is -23.7. The average molecular weight is 671 g/mol. The molecule has 2 nitrogen and oxygen atoms in total. The van der Waals surface area contributed by atoms with Crippen molar-refractivity contribution < 1.29 is 62.2 Å². The summed E-state index contributed by atoms with van der Waals surface area (Å²) in [5, 5.41) is 0. The van der Waals surface area contributed by atoms with Crippen molar-refractivity contribution in [2.45, 2.75) is 45.7 Å². The highest BCUT2D eigenvalue weighted by Crippen LogP contribution is 2.54. The van der Waals surface area contributed by atoms with Gasteiger partial charge in [0.1, 0.15) is 11.5 Å². The van der Waals surface area contributed by atoms with Crippen LogP contribution in [0.2, 0.25) is 0 Å². The number of rotatable bonds is 8. The molecule has 240 valence electrons. The number of alkyl halides is 12. The number of hydrogen-bond acceptors (Lipinski definition) is 3. The van der Waals surface area contributed by atoms with Gasteiger partial charge < -0.3 is 9.47 Å². The predicted molar refractivity (Wildman–Crippen MR) is 139 cm³/mol. The normalized spacial score (nSPS) is 13.4. The van der Waals surface area contributed by atoms with Crippen molar-refractivity contribution in [1.82, 2.24) is 0 Å². The van der Waals surface area contributed by atoms with E-state index in [0.29, 0.717) is 24.3 Å². The molecule has 0 aliphatic rings. The molecule has 0 aliphatic heterocycles. The first kappa shape index (κ1) is 33.9. The van der Waals surface area contributed by atoms with Crippen LogP contribution in [0.4, 0.5) is 52.7 Å². The summed E-state index contributed by atoms with van der Waals surface area (Å²) >= 11 is 0.856. The molecule has 0 fully saturated rings. The van der Waals surface area contributed by atoms with E-state index in [9.17, 15) is 52.7 Å². The first-order valence-corrected chi connectivity index (χ1v) is 13.3. The predicted octanol–water partition coefficient (Wildman–Crippen LogP) is 10.6. The van der Waals surface area contributed by atoms with Crippen LogP contribution in [-0.4, -0.2) is 24.7 Å². The first-order chi connectivity index (χ1) is 20.8. The molecule has 0 amide bonds. The van der Waals surface area contributed by atoms with Gasteiger partial charge in [-0.2, -0.15) is 52.7 Å². The van der Waals surface area contributed by atoms with Crippen molar-refractivity contribution in [1.29, 1.82) is 0 Å². The van der Waals surface area contributed by atoms with E-state index < -0.39 is 58.5 Å². The smallest absolute Gasteiger partial charge is 0.442 e. The maximum absolute atomic E-state index is 14.0. The van der Waals surface area contributed by atoms with Crippen molar-refractivity contribution in [3.63, 3.8) is 0 Å². The molecule has 4 aromatic rings. The minimum absolute atomic E-state index is 0.240. The second-order valence-corrected chi connectivity index (χ2v) is 10.5. The molecule has 0 N–H and O–H groups in total. The lowest BCUT2D eigenvalue weighted by Crippen LogP contribution is -2.58. The minimum Gasteiger partial charge on any atom is -0.464 e. The Morgan fingerprint density at radius 3 is 0.867 bits per heavy atom. The maximum atomic E-state index is 14.0. The topological polar surface area (TPSA) is 18.5 Å². The summed E-state index contributed by atoms with van der Waals surface area (Å²) < 4.78 is 177. The molecule has 0 saturated heterocycles. The molecular formula is C30H18F12O2S. The first-order valence-electron chi connectivity index (χ1n) is 12.5. The van der Waals surface area contributed by atoms with Crippen molar-refractivity contribution in [2.24, 2.45) is 0 Å². The fraction of sp³-hybridized carbons (Fsp3) is 0.200. The van der Waals surface area contributed by atoms with Crippen LogP contribution in [0.25, 0.3) is 0 Å². The van der Waals surface area contributed by atoms with Gasteiger partial charge in [0.15, 0.2) is 0 Å². The van der Waals surface area contributed by atoms with Crippen LogP contribution in [0.15, 0.2) is 119 Å². The van der Waals surface area contributed by atoms with Crippen molar-refractivity contribution in [3.05, 3.63) is 120 Å². The third-order valence-electron chi connectivity index (χ3n) is 6.38. The van der Waals surface area contributed by atoms with E-state index in [1.165, 1.54) is 12.1 Å². The minimum atomic E-state index is -5.92. The second-order valence-electron chi connectivity index (χ2n) is 9.33. The average Bonchev–Trinajstić information content (AvgIpc) is 2.94. The summed E-state index contributed by atoms with van der Waals surface area (Å²) in [5.74, 6) is -1.56. The summed E-state index contributed by atoms with van der Waals surface area (Å²) in [7, 11) is 0. The number of ether oxygens (including phenoxy) is 2. The number of halogens is 12. The van der Waals surface area contributed by atoms with Crippen LogP contribution < -0.4 is 9.47 Å². The van der Waals surface area contributed by atoms with Crippen LogP contribution >= 0.6 is 11.8 Å². The molecule has 0 spiro atoms. The van der Waals surface area contributed by atoms with Crippen LogP contribution in [0.5, 0.6) is 11.5 Å². The van der Waals surface area contributed by atoms with Gasteiger partial charge in [0.25, 0.3) is 0 Å². The van der Waals surface area contributed by atoms with E-state index in [-0.39, 0.29) is 9.79 Å². The Labute approximate surface area is 251 Å². The summed E-state index contributed by atoms with van der Waals surface area (Å²) in [6.45, 7) is 0. The van der Waals surface area contributed by atoms with Crippen LogP contribution in [0.3, 0.4) is 0 Å². The van der Waals surface area contributed by atoms with Gasteiger partial charge in [0.05, 0.1) is 0 Å². The SMILES string of the molecule is FC(F)(F)C(Oc1ccc(Sc2ccc(OC(c3ccccc3)(C(F)(F)F)C(F)(F)F)cc2)cc1)(c1ccccc1)C(F)(F)F. The number of hydrogen-bond donors (Lipinski definition) is 0. The molecule has 0 radical (unpaired) electrons. The Morgan fingerprint density at radius 1 is 0.356 bits per heavy atom. The fourth-order valence-electron chi connectivity index (χ4n) is 4.31. The van der Waals surface area contributed by atoms with E-state index in [0.717, 1.165) is 84.6 Å². The van der Waals surface area contributed by atoms with Crippen LogP contribution in [0, 0.1) is 0 Å². The molecule has 0 bridgehead atoms. The zero-order chi connectivity index (χ0) is 33.3. The zero-order valence-electron chi connectivity index (χ0n) is 22.2. The Kier molecular flexibility index (Phi) is 9.08. The standard InChI is InChI=1S/C30H18F12O2S/c31-27(32,33)25(28(34,35)36,19-7-3-1-4-8-19)43-21-11-15-23(16-12-21)45-24-17-13-22(14-18-24)44-26(29(37,38)39,30(40,41)42)20-9-5-2-6-10-20/h1-18H. The monoisotopic (exact) mass is 670 g/mol. The molecule has 0 atom stereocenters. The van der Waals surface area contributed by atoms with Crippen molar-refractivity contribution >= 4 is 11.8 Å². The van der Waals surface area contributed by atoms with Gasteiger partial charge in [-0.05, 0) is 48.5 Å². The van der Waals surface area contributed by atoms with Crippen molar-refractivity contribution in [3.8, 4) is 11.5 Å². The van der Waals surface area contributed by atoms with Gasteiger partial charge in [-0.25, -0.2) is 0 Å². The van der Waals surface area contributed by atoms with E-state index in [2.05, 4.69) is 9.47 Å². The molecule has 0 heterocycles. The van der Waals surface area contributed by atoms with Gasteiger partial charge in [-0.15, -0.1) is 0 Å². The van der Waals surface area contributed by atoms with E-state index in [4.69, 9.17) is 0 Å². The van der Waals surface area contributed by atoms with Gasteiger partial charge >= 0.3 is 35.9 Å². The zero-order valence-corrected chi connectivity index (χ0v) is 23.0. The fourth-order valence-corrected chi connectivity index (χ4v) is 5.13. The highest BCUT2D eigenvalue weighted by molar-refractivity contribution is 7.99. The third kappa shape index (κ3) is 6.53. The van der Waals surface area contributed by atoms with E-state index in [1.54, 1.807) is 0 Å². The van der Waals surface area contributed by atoms with Gasteiger partial charge in [-0.1, -0.05) is 72.4 Å². The molecule has 0 aliphatic carbocycles. The second kappa shape index (κ2) is 12.1. The molecule has 45 heavy (non-hydrogen) atoms. The van der Waals surface area contributed by atoms with Gasteiger partial charge in [-0.3, -0.25) is 0 Å². The summed E-state index contributed by atoms with van der Waals surface area (Å²) in [5.41, 5.74) is -11.8. The number of benzene rings is 4. The van der Waals surface area contributed by atoms with Crippen LogP contribution in [-0.2, 0) is 11.2 Å². The molecule has 0 unspecified atom stereocenters. The molecular weight excluding hydrogens is 652 g/mol. The Bertz CT molecular complexity index is 1400. The highest BCUT2D eigenvalue weighted by atomic mass is 32.2. The van der Waals surface area contributed by atoms with Gasteiger partial charge in [0.2, 0.25) is 0 Å². The third-order valence-corrected chi connectivity index (χ3v) is 7.40. The molecule has 4 aromatic carbocycles.